The smallest absolute Gasteiger partial charge is 0.243 e. The largest absolute Gasteiger partial charge is 0.341 e. The summed E-state index contributed by atoms with van der Waals surface area (Å²) in [5, 5.41) is 0. The molecule has 0 N–H and O–H groups in total. The average Bonchev–Trinajstić information content (AvgIpc) is 3.04. The van der Waals surface area contributed by atoms with Crippen LogP contribution >= 0.6 is 0 Å². The number of sulfonamides is 1. The van der Waals surface area contributed by atoms with Crippen molar-refractivity contribution in [2.75, 3.05) is 19.6 Å². The van der Waals surface area contributed by atoms with Gasteiger partial charge in [0.15, 0.2) is 0 Å². The highest BCUT2D eigenvalue weighted by Gasteiger charge is 2.41. The zero-order chi connectivity index (χ0) is 18.6. The minimum absolute atomic E-state index is 0.000783. The highest BCUT2D eigenvalue weighted by Crippen LogP contribution is 2.29. The van der Waals surface area contributed by atoms with Gasteiger partial charge in [0.25, 0.3) is 0 Å². The molecule has 2 heterocycles. The number of amides is 1. The van der Waals surface area contributed by atoms with Crippen molar-refractivity contribution in [3.63, 3.8) is 0 Å². The molecular formula is C20H30N2O3S. The van der Waals surface area contributed by atoms with Gasteiger partial charge in [-0.15, -0.1) is 0 Å². The predicted octanol–water partition coefficient (Wildman–Crippen LogP) is 3.27. The molecule has 1 amide bonds. The summed E-state index contributed by atoms with van der Waals surface area (Å²) in [5.41, 5.74) is 0. The number of hydrogen-bond donors (Lipinski definition) is 0. The molecule has 0 bridgehead atoms. The Labute approximate surface area is 157 Å². The first kappa shape index (κ1) is 19.4. The van der Waals surface area contributed by atoms with Gasteiger partial charge in [0.05, 0.1) is 4.90 Å². The number of likely N-dealkylation sites (tertiary alicyclic amines) is 1. The van der Waals surface area contributed by atoms with E-state index in [1.165, 1.54) is 23.6 Å². The summed E-state index contributed by atoms with van der Waals surface area (Å²) < 4.78 is 27.4. The fourth-order valence-corrected chi connectivity index (χ4v) is 5.97. The summed E-state index contributed by atoms with van der Waals surface area (Å²) in [7, 11) is -3.61. The van der Waals surface area contributed by atoms with E-state index in [1.807, 2.05) is 4.90 Å². The maximum atomic E-state index is 13.1. The van der Waals surface area contributed by atoms with Crippen LogP contribution in [-0.2, 0) is 14.8 Å². The number of hydrogen-bond acceptors (Lipinski definition) is 3. The van der Waals surface area contributed by atoms with Gasteiger partial charge < -0.3 is 4.90 Å². The molecule has 0 aliphatic carbocycles. The number of carbonyl (C=O) groups is 1. The standard InChI is InChI=1S/C20H30N2O3S/c1-2-8-17-9-6-14-21(16-13-17)20(23)19-12-7-15-22(19)26(24,25)18-10-4-3-5-11-18/h3-5,10-11,17,19H,2,6-9,12-16H2,1H3. The molecule has 1 aromatic carbocycles. The van der Waals surface area contributed by atoms with Gasteiger partial charge >= 0.3 is 0 Å². The molecule has 2 fully saturated rings. The van der Waals surface area contributed by atoms with Crippen molar-refractivity contribution in [3.8, 4) is 0 Å². The van der Waals surface area contributed by atoms with Gasteiger partial charge in [-0.25, -0.2) is 8.42 Å². The highest BCUT2D eigenvalue weighted by atomic mass is 32.2. The quantitative estimate of drug-likeness (QED) is 0.790. The van der Waals surface area contributed by atoms with Gasteiger partial charge in [0.2, 0.25) is 15.9 Å². The zero-order valence-corrected chi connectivity index (χ0v) is 16.5. The van der Waals surface area contributed by atoms with E-state index >= 15 is 0 Å². The Kier molecular flexibility index (Phi) is 6.35. The van der Waals surface area contributed by atoms with E-state index in [1.54, 1.807) is 30.3 Å². The van der Waals surface area contributed by atoms with Crippen LogP contribution in [0.5, 0.6) is 0 Å². The van der Waals surface area contributed by atoms with Crippen molar-refractivity contribution in [3.05, 3.63) is 30.3 Å². The van der Waals surface area contributed by atoms with Gasteiger partial charge in [-0.05, 0) is 50.2 Å². The summed E-state index contributed by atoms with van der Waals surface area (Å²) in [6.45, 7) is 4.16. The third kappa shape index (κ3) is 4.12. The fourth-order valence-electron chi connectivity index (χ4n) is 4.30. The van der Waals surface area contributed by atoms with Gasteiger partial charge in [-0.3, -0.25) is 4.79 Å². The molecule has 0 radical (unpaired) electrons. The minimum Gasteiger partial charge on any atom is -0.341 e. The van der Waals surface area contributed by atoms with E-state index in [4.69, 9.17) is 0 Å². The lowest BCUT2D eigenvalue weighted by molar-refractivity contribution is -0.134. The Hall–Kier alpha value is -1.40. The molecule has 144 valence electrons. The molecule has 2 atom stereocenters. The van der Waals surface area contributed by atoms with Crippen molar-refractivity contribution in [2.24, 2.45) is 5.92 Å². The van der Waals surface area contributed by atoms with Crippen LogP contribution in [0.4, 0.5) is 0 Å². The molecule has 26 heavy (non-hydrogen) atoms. The average molecular weight is 379 g/mol. The second-order valence-electron chi connectivity index (χ2n) is 7.50. The monoisotopic (exact) mass is 378 g/mol. The molecule has 6 heteroatoms. The van der Waals surface area contributed by atoms with E-state index in [2.05, 4.69) is 6.92 Å². The molecule has 3 rings (SSSR count). The van der Waals surface area contributed by atoms with Crippen LogP contribution in [0.3, 0.4) is 0 Å². The van der Waals surface area contributed by atoms with E-state index in [-0.39, 0.29) is 10.8 Å². The second kappa shape index (κ2) is 8.53. The minimum atomic E-state index is -3.61. The summed E-state index contributed by atoms with van der Waals surface area (Å²) in [6, 6.07) is 7.93. The van der Waals surface area contributed by atoms with Crippen LogP contribution in [0.1, 0.15) is 51.9 Å². The molecule has 2 saturated heterocycles. The van der Waals surface area contributed by atoms with E-state index in [0.717, 1.165) is 32.4 Å². The molecule has 2 aliphatic heterocycles. The van der Waals surface area contributed by atoms with Crippen LogP contribution in [-0.4, -0.2) is 49.2 Å². The summed E-state index contributed by atoms with van der Waals surface area (Å²) in [5.74, 6) is 0.699. The van der Waals surface area contributed by atoms with Gasteiger partial charge in [-0.2, -0.15) is 4.31 Å². The Morgan fingerprint density at radius 1 is 1.04 bits per heavy atom. The maximum absolute atomic E-state index is 13.1. The van der Waals surface area contributed by atoms with E-state index in [0.29, 0.717) is 18.9 Å². The second-order valence-corrected chi connectivity index (χ2v) is 9.39. The number of rotatable bonds is 5. The van der Waals surface area contributed by atoms with Crippen LogP contribution in [0, 0.1) is 5.92 Å². The molecule has 0 aromatic heterocycles. The van der Waals surface area contributed by atoms with Crippen LogP contribution in [0.2, 0.25) is 0 Å². The Bertz CT molecular complexity index is 705. The lowest BCUT2D eigenvalue weighted by Crippen LogP contribution is -2.48. The molecule has 5 nitrogen and oxygen atoms in total. The molecule has 0 saturated carbocycles. The third-order valence-corrected chi connectivity index (χ3v) is 7.62. The van der Waals surface area contributed by atoms with Crippen molar-refractivity contribution < 1.29 is 13.2 Å². The Morgan fingerprint density at radius 3 is 2.50 bits per heavy atom. The van der Waals surface area contributed by atoms with Crippen LogP contribution in [0.15, 0.2) is 35.2 Å². The summed E-state index contributed by atoms with van der Waals surface area (Å²) in [6.07, 6.45) is 7.01. The van der Waals surface area contributed by atoms with Crippen LogP contribution < -0.4 is 0 Å². The molecule has 2 unspecified atom stereocenters. The lowest BCUT2D eigenvalue weighted by Gasteiger charge is -2.29. The van der Waals surface area contributed by atoms with E-state index in [9.17, 15) is 13.2 Å². The maximum Gasteiger partial charge on any atom is 0.243 e. The fraction of sp³-hybridized carbons (Fsp3) is 0.650. The van der Waals surface area contributed by atoms with Gasteiger partial charge in [-0.1, -0.05) is 38.0 Å². The normalized spacial score (nSPS) is 25.2. The van der Waals surface area contributed by atoms with Crippen molar-refractivity contribution in [1.29, 1.82) is 0 Å². The first-order valence-electron chi connectivity index (χ1n) is 9.89. The van der Waals surface area contributed by atoms with Crippen LogP contribution in [0.25, 0.3) is 0 Å². The Balaban J connectivity index is 1.72. The molecule has 2 aliphatic rings. The van der Waals surface area contributed by atoms with Crippen molar-refractivity contribution in [2.45, 2.75) is 62.8 Å². The number of benzene rings is 1. The first-order chi connectivity index (χ1) is 12.5. The zero-order valence-electron chi connectivity index (χ0n) is 15.6. The topological polar surface area (TPSA) is 57.7 Å². The molecule has 0 spiro atoms. The Morgan fingerprint density at radius 2 is 1.77 bits per heavy atom. The van der Waals surface area contributed by atoms with Gasteiger partial charge in [0.1, 0.15) is 6.04 Å². The van der Waals surface area contributed by atoms with Crippen molar-refractivity contribution in [1.82, 2.24) is 9.21 Å². The SMILES string of the molecule is CCCC1CCCN(C(=O)C2CCCN2S(=O)(=O)c2ccccc2)CC1. The third-order valence-electron chi connectivity index (χ3n) is 5.69. The highest BCUT2D eigenvalue weighted by molar-refractivity contribution is 7.89. The molecule has 1 aromatic rings. The predicted molar refractivity (Wildman–Crippen MR) is 102 cm³/mol. The van der Waals surface area contributed by atoms with Gasteiger partial charge in [0, 0.05) is 19.6 Å². The number of carbonyl (C=O) groups excluding carboxylic acids is 1. The lowest BCUT2D eigenvalue weighted by atomic mass is 9.96. The number of nitrogens with zero attached hydrogens (tertiary/aromatic N) is 2. The summed E-state index contributed by atoms with van der Waals surface area (Å²) >= 11 is 0. The summed E-state index contributed by atoms with van der Waals surface area (Å²) in [4.78, 5) is 15.3. The van der Waals surface area contributed by atoms with E-state index < -0.39 is 16.1 Å². The van der Waals surface area contributed by atoms with Crippen molar-refractivity contribution >= 4 is 15.9 Å². The molecular weight excluding hydrogens is 348 g/mol. The first-order valence-corrected chi connectivity index (χ1v) is 11.3.